The minimum Gasteiger partial charge on any atom is -0.348 e. The molecule has 4 rings (SSSR count). The second-order valence-corrected chi connectivity index (χ2v) is 7.44. The van der Waals surface area contributed by atoms with Crippen molar-refractivity contribution < 1.29 is 4.79 Å². The van der Waals surface area contributed by atoms with E-state index in [9.17, 15) is 4.79 Å². The van der Waals surface area contributed by atoms with E-state index in [4.69, 9.17) is 0 Å². The normalized spacial score (nSPS) is 34.3. The van der Waals surface area contributed by atoms with Crippen molar-refractivity contribution in [1.29, 1.82) is 0 Å². The van der Waals surface area contributed by atoms with Crippen LogP contribution in [0.1, 0.15) is 48.9 Å². The molecule has 2 unspecified atom stereocenters. The average molecular weight is 313 g/mol. The van der Waals surface area contributed by atoms with E-state index in [1.165, 1.54) is 38.6 Å². The summed E-state index contributed by atoms with van der Waals surface area (Å²) >= 11 is 0. The Morgan fingerprint density at radius 1 is 1.09 bits per heavy atom. The average Bonchev–Trinajstić information content (AvgIpc) is 2.94. The molecule has 124 valence electrons. The van der Waals surface area contributed by atoms with Crippen LogP contribution in [-0.2, 0) is 0 Å². The van der Waals surface area contributed by atoms with E-state index in [0.29, 0.717) is 12.1 Å². The van der Waals surface area contributed by atoms with Gasteiger partial charge >= 0.3 is 0 Å². The minimum atomic E-state index is 0.0721. The van der Waals surface area contributed by atoms with Gasteiger partial charge in [-0.2, -0.15) is 0 Å². The number of likely N-dealkylation sites (tertiary alicyclic amines) is 1. The van der Waals surface area contributed by atoms with Gasteiger partial charge in [-0.15, -0.1) is 0 Å². The molecule has 4 heteroatoms. The van der Waals surface area contributed by atoms with Crippen LogP contribution in [0.3, 0.4) is 0 Å². The van der Waals surface area contributed by atoms with Crippen molar-refractivity contribution >= 4 is 5.91 Å². The predicted octanol–water partition coefficient (Wildman–Crippen LogP) is 2.16. The third kappa shape index (κ3) is 3.43. The number of carbonyl (C=O) groups is 1. The molecule has 3 fully saturated rings. The van der Waals surface area contributed by atoms with Crippen LogP contribution in [0.5, 0.6) is 0 Å². The Balaban J connectivity index is 1.35. The number of nitrogens with one attached hydrogen (secondary N) is 2. The van der Waals surface area contributed by atoms with E-state index in [0.717, 1.165) is 30.6 Å². The monoisotopic (exact) mass is 313 g/mol. The zero-order valence-electron chi connectivity index (χ0n) is 13.7. The van der Waals surface area contributed by atoms with E-state index >= 15 is 0 Å². The minimum absolute atomic E-state index is 0.0721. The molecule has 2 N–H and O–H groups in total. The Morgan fingerprint density at radius 3 is 2.57 bits per heavy atom. The molecule has 3 aliphatic heterocycles. The van der Waals surface area contributed by atoms with E-state index in [1.54, 1.807) is 0 Å². The van der Waals surface area contributed by atoms with Crippen molar-refractivity contribution in [1.82, 2.24) is 15.5 Å². The summed E-state index contributed by atoms with van der Waals surface area (Å²) in [6, 6.07) is 12.1. The molecular weight excluding hydrogens is 286 g/mol. The van der Waals surface area contributed by atoms with E-state index < -0.39 is 0 Å². The molecule has 3 saturated heterocycles. The van der Waals surface area contributed by atoms with Crippen molar-refractivity contribution in [2.75, 3.05) is 13.1 Å². The predicted molar refractivity (Wildman–Crippen MR) is 91.5 cm³/mol. The van der Waals surface area contributed by atoms with Gasteiger partial charge < -0.3 is 10.6 Å². The van der Waals surface area contributed by atoms with E-state index in [-0.39, 0.29) is 5.91 Å². The SMILES string of the molecule is O=C(N[C@@H]1CCCN(C2CC3CCC(C2)N3)C1)c1ccccc1. The number of carbonyl (C=O) groups excluding carboxylic acids is 1. The van der Waals surface area contributed by atoms with Crippen molar-refractivity contribution in [3.05, 3.63) is 35.9 Å². The Hall–Kier alpha value is -1.39. The zero-order valence-corrected chi connectivity index (χ0v) is 13.7. The van der Waals surface area contributed by atoms with Gasteiger partial charge in [0.1, 0.15) is 0 Å². The van der Waals surface area contributed by atoms with Gasteiger partial charge in [0.2, 0.25) is 0 Å². The van der Waals surface area contributed by atoms with Gasteiger partial charge in [-0.05, 0) is 57.2 Å². The molecule has 0 saturated carbocycles. The molecule has 1 amide bonds. The van der Waals surface area contributed by atoms with Crippen LogP contribution in [0.25, 0.3) is 0 Å². The van der Waals surface area contributed by atoms with Crippen LogP contribution >= 0.6 is 0 Å². The molecule has 0 aliphatic carbocycles. The Morgan fingerprint density at radius 2 is 1.83 bits per heavy atom. The highest BCUT2D eigenvalue weighted by Crippen LogP contribution is 2.31. The number of fused-ring (bicyclic) bond motifs is 2. The summed E-state index contributed by atoms with van der Waals surface area (Å²) in [5, 5.41) is 6.97. The lowest BCUT2D eigenvalue weighted by atomic mass is 9.94. The van der Waals surface area contributed by atoms with E-state index in [1.807, 2.05) is 30.3 Å². The highest BCUT2D eigenvalue weighted by atomic mass is 16.1. The largest absolute Gasteiger partial charge is 0.348 e. The van der Waals surface area contributed by atoms with Gasteiger partial charge in [0.15, 0.2) is 0 Å². The van der Waals surface area contributed by atoms with Gasteiger partial charge in [0.05, 0.1) is 0 Å². The highest BCUT2D eigenvalue weighted by Gasteiger charge is 2.37. The van der Waals surface area contributed by atoms with Crippen molar-refractivity contribution in [2.45, 2.75) is 62.7 Å². The molecule has 0 radical (unpaired) electrons. The van der Waals surface area contributed by atoms with Crippen molar-refractivity contribution in [2.24, 2.45) is 0 Å². The van der Waals surface area contributed by atoms with Gasteiger partial charge in [-0.25, -0.2) is 0 Å². The van der Waals surface area contributed by atoms with Crippen LogP contribution in [0.4, 0.5) is 0 Å². The standard InChI is InChI=1S/C19H27N3O/c23-19(14-5-2-1-3-6-14)21-17-7-4-10-22(13-17)18-11-15-8-9-16(12-18)20-15/h1-3,5-6,15-18,20H,4,7-13H2,(H,21,23)/t15?,16?,17-,18?/m1/s1. The summed E-state index contributed by atoms with van der Waals surface area (Å²) in [7, 11) is 0. The summed E-state index contributed by atoms with van der Waals surface area (Å²) in [5.41, 5.74) is 0.768. The first-order valence-corrected chi connectivity index (χ1v) is 9.14. The Bertz CT molecular complexity index is 535. The molecule has 0 aromatic heterocycles. The molecule has 4 nitrogen and oxygen atoms in total. The molecule has 0 spiro atoms. The molecular formula is C19H27N3O. The van der Waals surface area contributed by atoms with Gasteiger partial charge in [-0.3, -0.25) is 9.69 Å². The smallest absolute Gasteiger partial charge is 0.251 e. The number of benzene rings is 1. The topological polar surface area (TPSA) is 44.4 Å². The molecule has 3 atom stereocenters. The number of piperidine rings is 2. The van der Waals surface area contributed by atoms with Crippen molar-refractivity contribution in [3.63, 3.8) is 0 Å². The highest BCUT2D eigenvalue weighted by molar-refractivity contribution is 5.94. The summed E-state index contributed by atoms with van der Waals surface area (Å²) in [6.07, 6.45) is 7.57. The van der Waals surface area contributed by atoms with Crippen LogP contribution < -0.4 is 10.6 Å². The summed E-state index contributed by atoms with van der Waals surface area (Å²) in [5.74, 6) is 0.0721. The first-order valence-electron chi connectivity index (χ1n) is 9.14. The number of rotatable bonds is 3. The summed E-state index contributed by atoms with van der Waals surface area (Å²) in [6.45, 7) is 2.21. The lowest BCUT2D eigenvalue weighted by Crippen LogP contribution is -2.54. The second-order valence-electron chi connectivity index (χ2n) is 7.44. The number of hydrogen-bond donors (Lipinski definition) is 2. The maximum absolute atomic E-state index is 12.4. The van der Waals surface area contributed by atoms with Gasteiger partial charge in [-0.1, -0.05) is 18.2 Å². The quantitative estimate of drug-likeness (QED) is 0.899. The number of hydrogen-bond acceptors (Lipinski definition) is 3. The number of nitrogens with zero attached hydrogens (tertiary/aromatic N) is 1. The van der Waals surface area contributed by atoms with Crippen molar-refractivity contribution in [3.8, 4) is 0 Å². The maximum atomic E-state index is 12.4. The van der Waals surface area contributed by atoms with Gasteiger partial charge in [0.25, 0.3) is 5.91 Å². The molecule has 23 heavy (non-hydrogen) atoms. The van der Waals surface area contributed by atoms with Crippen LogP contribution in [-0.4, -0.2) is 48.1 Å². The first-order chi connectivity index (χ1) is 11.3. The van der Waals surface area contributed by atoms with E-state index in [2.05, 4.69) is 15.5 Å². The second kappa shape index (κ2) is 6.62. The summed E-state index contributed by atoms with van der Waals surface area (Å²) < 4.78 is 0. The molecule has 3 aliphatic rings. The number of amides is 1. The summed E-state index contributed by atoms with van der Waals surface area (Å²) in [4.78, 5) is 15.0. The zero-order chi connectivity index (χ0) is 15.6. The Kier molecular flexibility index (Phi) is 4.36. The molecule has 1 aromatic rings. The maximum Gasteiger partial charge on any atom is 0.251 e. The van der Waals surface area contributed by atoms with Gasteiger partial charge in [0, 0.05) is 36.3 Å². The first kappa shape index (κ1) is 15.2. The third-order valence-corrected chi connectivity index (χ3v) is 5.79. The lowest BCUT2D eigenvalue weighted by molar-refractivity contribution is 0.0810. The molecule has 3 heterocycles. The fraction of sp³-hybridized carbons (Fsp3) is 0.632. The molecule has 2 bridgehead atoms. The Labute approximate surface area is 138 Å². The molecule has 1 aromatic carbocycles. The third-order valence-electron chi connectivity index (χ3n) is 5.79. The fourth-order valence-corrected chi connectivity index (χ4v) is 4.64. The lowest BCUT2D eigenvalue weighted by Gasteiger charge is -2.42. The van der Waals surface area contributed by atoms with Crippen LogP contribution in [0, 0.1) is 0 Å². The fourth-order valence-electron chi connectivity index (χ4n) is 4.64. The van der Waals surface area contributed by atoms with Crippen LogP contribution in [0.15, 0.2) is 30.3 Å². The van der Waals surface area contributed by atoms with Crippen LogP contribution in [0.2, 0.25) is 0 Å².